The monoisotopic (exact) mass is 399 g/mol. The Bertz CT molecular complexity index is 1100. The summed E-state index contributed by atoms with van der Waals surface area (Å²) in [6.45, 7) is 0. The number of anilines is 1. The van der Waals surface area contributed by atoms with E-state index in [9.17, 15) is 9.18 Å². The van der Waals surface area contributed by atoms with Gasteiger partial charge < -0.3 is 5.32 Å². The minimum Gasteiger partial charge on any atom is -0.326 e. The molecule has 27 heavy (non-hydrogen) atoms. The zero-order valence-electron chi connectivity index (χ0n) is 14.2. The van der Waals surface area contributed by atoms with E-state index in [2.05, 4.69) is 10.3 Å². The summed E-state index contributed by atoms with van der Waals surface area (Å²) in [4.78, 5) is 17.5. The smallest absolute Gasteiger partial charge is 0.224 e. The van der Waals surface area contributed by atoms with Crippen molar-refractivity contribution in [2.45, 2.75) is 12.8 Å². The van der Waals surface area contributed by atoms with Crippen molar-refractivity contribution in [3.8, 4) is 11.3 Å². The largest absolute Gasteiger partial charge is 0.326 e. The molecule has 136 valence electrons. The first-order valence-electron chi connectivity index (χ1n) is 8.36. The van der Waals surface area contributed by atoms with E-state index in [0.29, 0.717) is 34.8 Å². The second-order valence-corrected chi connectivity index (χ2v) is 7.31. The number of hydrogen-bond acceptors (Lipinski definition) is 3. The normalized spacial score (nSPS) is 11.0. The zero-order chi connectivity index (χ0) is 18.8. The lowest BCUT2D eigenvalue weighted by Gasteiger charge is -2.05. The molecule has 4 aromatic rings. The van der Waals surface area contributed by atoms with Gasteiger partial charge >= 0.3 is 0 Å². The third kappa shape index (κ3) is 3.86. The summed E-state index contributed by atoms with van der Waals surface area (Å²) < 4.78 is 15.9. The molecule has 4 nitrogen and oxygen atoms in total. The molecule has 4 rings (SSSR count). The van der Waals surface area contributed by atoms with Crippen molar-refractivity contribution < 1.29 is 9.18 Å². The van der Waals surface area contributed by atoms with Gasteiger partial charge in [0.25, 0.3) is 0 Å². The van der Waals surface area contributed by atoms with Crippen LogP contribution in [0.3, 0.4) is 0 Å². The van der Waals surface area contributed by atoms with Crippen LogP contribution in [0.2, 0.25) is 5.02 Å². The van der Waals surface area contributed by atoms with Crippen molar-refractivity contribution in [2.24, 2.45) is 0 Å². The molecule has 0 aliphatic carbocycles. The number of rotatable bonds is 5. The van der Waals surface area contributed by atoms with Crippen LogP contribution >= 0.6 is 22.9 Å². The topological polar surface area (TPSA) is 46.4 Å². The Hall–Kier alpha value is -2.70. The predicted octanol–water partition coefficient (Wildman–Crippen LogP) is 5.43. The van der Waals surface area contributed by atoms with E-state index < -0.39 is 0 Å². The Balaban J connectivity index is 1.47. The lowest BCUT2D eigenvalue weighted by atomic mass is 10.1. The average molecular weight is 400 g/mol. The van der Waals surface area contributed by atoms with Gasteiger partial charge in [-0.3, -0.25) is 9.20 Å². The lowest BCUT2D eigenvalue weighted by Crippen LogP contribution is -2.12. The first-order valence-corrected chi connectivity index (χ1v) is 9.62. The number of halogens is 2. The van der Waals surface area contributed by atoms with Gasteiger partial charge in [-0.15, -0.1) is 11.3 Å². The van der Waals surface area contributed by atoms with Gasteiger partial charge in [-0.2, -0.15) is 0 Å². The number of nitrogens with one attached hydrogen (secondary N) is 1. The summed E-state index contributed by atoms with van der Waals surface area (Å²) in [6, 6.07) is 13.6. The number of carbonyl (C=O) groups excluding carboxylic acids is 1. The van der Waals surface area contributed by atoms with E-state index in [1.54, 1.807) is 42.5 Å². The predicted molar refractivity (Wildman–Crippen MR) is 107 cm³/mol. The molecule has 0 radical (unpaired) electrons. The van der Waals surface area contributed by atoms with Crippen molar-refractivity contribution in [1.29, 1.82) is 0 Å². The van der Waals surface area contributed by atoms with Gasteiger partial charge in [-0.1, -0.05) is 23.7 Å². The van der Waals surface area contributed by atoms with Crippen LogP contribution in [0.1, 0.15) is 12.1 Å². The van der Waals surface area contributed by atoms with Crippen molar-refractivity contribution in [2.75, 3.05) is 5.32 Å². The van der Waals surface area contributed by atoms with Crippen LogP contribution in [-0.2, 0) is 11.2 Å². The third-order valence-electron chi connectivity index (χ3n) is 4.17. The first-order chi connectivity index (χ1) is 13.1. The van der Waals surface area contributed by atoms with Crippen LogP contribution in [0, 0.1) is 5.82 Å². The molecule has 0 bridgehead atoms. The molecule has 0 saturated carbocycles. The van der Waals surface area contributed by atoms with Gasteiger partial charge in [0.2, 0.25) is 5.91 Å². The zero-order valence-corrected chi connectivity index (χ0v) is 15.7. The van der Waals surface area contributed by atoms with Gasteiger partial charge in [0.05, 0.1) is 5.69 Å². The van der Waals surface area contributed by atoms with E-state index in [1.165, 1.54) is 17.4 Å². The van der Waals surface area contributed by atoms with Gasteiger partial charge in [-0.05, 0) is 42.8 Å². The number of carbonyl (C=O) groups is 1. The molecule has 1 N–H and O–H groups in total. The number of benzene rings is 2. The molecule has 1 amide bonds. The summed E-state index contributed by atoms with van der Waals surface area (Å²) in [5.74, 6) is -0.377. The molecule has 7 heteroatoms. The highest BCUT2D eigenvalue weighted by Gasteiger charge is 2.13. The molecular formula is C20H15ClFN3OS. The Kier molecular flexibility index (Phi) is 4.92. The van der Waals surface area contributed by atoms with E-state index in [-0.39, 0.29) is 11.7 Å². The van der Waals surface area contributed by atoms with E-state index >= 15 is 0 Å². The van der Waals surface area contributed by atoms with Crippen molar-refractivity contribution in [3.63, 3.8) is 0 Å². The quantitative estimate of drug-likeness (QED) is 0.486. The molecule has 0 unspecified atom stereocenters. The number of fused-ring (bicyclic) bond motifs is 1. The van der Waals surface area contributed by atoms with Crippen LogP contribution in [-0.4, -0.2) is 15.3 Å². The summed E-state index contributed by atoms with van der Waals surface area (Å²) in [6.07, 6.45) is 2.71. The Morgan fingerprint density at radius 1 is 1.19 bits per heavy atom. The van der Waals surface area contributed by atoms with Gasteiger partial charge in [0, 0.05) is 40.0 Å². The highest BCUT2D eigenvalue weighted by atomic mass is 35.5. The molecule has 0 fully saturated rings. The molecule has 2 aromatic carbocycles. The molecule has 2 heterocycles. The fourth-order valence-electron chi connectivity index (χ4n) is 2.81. The maximum Gasteiger partial charge on any atom is 0.224 e. The molecule has 0 saturated heterocycles. The van der Waals surface area contributed by atoms with Crippen LogP contribution in [0.25, 0.3) is 16.2 Å². The Morgan fingerprint density at radius 2 is 1.96 bits per heavy atom. The molecule has 0 aliphatic heterocycles. The van der Waals surface area contributed by atoms with Crippen molar-refractivity contribution in [1.82, 2.24) is 9.38 Å². The van der Waals surface area contributed by atoms with Crippen LogP contribution in [0.15, 0.2) is 60.1 Å². The number of aromatic nitrogens is 2. The Labute approximate surface area is 164 Å². The van der Waals surface area contributed by atoms with Gasteiger partial charge in [-0.25, -0.2) is 9.37 Å². The molecule has 0 atom stereocenters. The Morgan fingerprint density at radius 3 is 2.74 bits per heavy atom. The second kappa shape index (κ2) is 7.50. The maximum atomic E-state index is 14.0. The molecule has 0 spiro atoms. The fourth-order valence-corrected chi connectivity index (χ4v) is 3.84. The standard InChI is InChI=1S/C20H15ClFN3OS/c21-13-5-7-14(8-6-13)23-19(26)10-9-15-12-27-20-24-18(11-25(15)20)16-3-1-2-4-17(16)22/h1-8,11-12H,9-10H2,(H,23,26). The van der Waals surface area contributed by atoms with Crippen molar-refractivity contribution in [3.05, 3.63) is 76.6 Å². The van der Waals surface area contributed by atoms with Crippen LogP contribution in [0.4, 0.5) is 10.1 Å². The number of aryl methyl sites for hydroxylation is 1. The second-order valence-electron chi connectivity index (χ2n) is 6.04. The van der Waals surface area contributed by atoms with Crippen LogP contribution in [0.5, 0.6) is 0 Å². The van der Waals surface area contributed by atoms with E-state index in [1.807, 2.05) is 16.0 Å². The fraction of sp³-hybridized carbons (Fsp3) is 0.100. The summed E-state index contributed by atoms with van der Waals surface area (Å²) in [7, 11) is 0. The molecule has 0 aliphatic rings. The number of hydrogen-bond donors (Lipinski definition) is 1. The number of amides is 1. The summed E-state index contributed by atoms with van der Waals surface area (Å²) in [5, 5.41) is 5.45. The summed E-state index contributed by atoms with van der Waals surface area (Å²) in [5.41, 5.74) is 2.74. The highest BCUT2D eigenvalue weighted by molar-refractivity contribution is 7.15. The maximum absolute atomic E-state index is 14.0. The average Bonchev–Trinajstić information content (AvgIpc) is 3.23. The van der Waals surface area contributed by atoms with Crippen molar-refractivity contribution >= 4 is 39.5 Å². The molecular weight excluding hydrogens is 385 g/mol. The highest BCUT2D eigenvalue weighted by Crippen LogP contribution is 2.26. The number of thiazole rings is 1. The summed E-state index contributed by atoms with van der Waals surface area (Å²) >= 11 is 7.32. The lowest BCUT2D eigenvalue weighted by molar-refractivity contribution is -0.116. The SMILES string of the molecule is O=C(CCc1csc2nc(-c3ccccc3F)cn12)Nc1ccc(Cl)cc1. The first kappa shape index (κ1) is 17.7. The van der Waals surface area contributed by atoms with Gasteiger partial charge in [0.1, 0.15) is 5.82 Å². The minimum atomic E-state index is -0.299. The minimum absolute atomic E-state index is 0.0777. The molecule has 2 aromatic heterocycles. The van der Waals surface area contributed by atoms with Crippen LogP contribution < -0.4 is 5.32 Å². The number of imidazole rings is 1. The number of nitrogens with zero attached hydrogens (tertiary/aromatic N) is 2. The van der Waals surface area contributed by atoms with Gasteiger partial charge in [0.15, 0.2) is 4.96 Å². The van der Waals surface area contributed by atoms with E-state index in [0.717, 1.165) is 10.7 Å². The van der Waals surface area contributed by atoms with E-state index in [4.69, 9.17) is 11.6 Å². The third-order valence-corrected chi connectivity index (χ3v) is 5.31.